The van der Waals surface area contributed by atoms with E-state index in [1.807, 2.05) is 71.0 Å². The molecule has 0 aliphatic heterocycles. The normalized spacial score (nSPS) is 12.8. The number of nitrogens with one attached hydrogen (secondary N) is 2. The van der Waals surface area contributed by atoms with Crippen LogP contribution in [-0.4, -0.2) is 34.5 Å². The zero-order valence-corrected chi connectivity index (χ0v) is 23.1. The highest BCUT2D eigenvalue weighted by Crippen LogP contribution is 2.27. The number of carbonyl (C=O) groups excluding carboxylic acids is 3. The summed E-state index contributed by atoms with van der Waals surface area (Å²) in [7, 11) is 0. The molecule has 0 bridgehead atoms. The number of amides is 3. The number of ether oxygens (including phenoxy) is 1. The van der Waals surface area contributed by atoms with Crippen molar-refractivity contribution < 1.29 is 19.1 Å². The van der Waals surface area contributed by atoms with Gasteiger partial charge in [-0.3, -0.25) is 14.5 Å². The summed E-state index contributed by atoms with van der Waals surface area (Å²) in [6, 6.07) is 13.4. The van der Waals surface area contributed by atoms with Crippen LogP contribution in [0.2, 0.25) is 0 Å². The summed E-state index contributed by atoms with van der Waals surface area (Å²) in [6.45, 7) is 14.8. The Morgan fingerprint density at radius 1 is 1.03 bits per heavy atom. The molecule has 2 unspecified atom stereocenters. The molecule has 0 aromatic heterocycles. The van der Waals surface area contributed by atoms with Gasteiger partial charge >= 0.3 is 6.09 Å². The molecule has 2 aromatic carbocycles. The summed E-state index contributed by atoms with van der Waals surface area (Å²) in [5.41, 5.74) is 3.19. The van der Waals surface area contributed by atoms with Crippen LogP contribution in [0.15, 0.2) is 42.5 Å². The van der Waals surface area contributed by atoms with Crippen molar-refractivity contribution in [2.45, 2.75) is 79.5 Å². The van der Waals surface area contributed by atoms with Crippen LogP contribution < -0.4 is 10.6 Å². The first-order chi connectivity index (χ1) is 17.2. The topological polar surface area (TPSA) is 87.7 Å². The molecule has 37 heavy (non-hydrogen) atoms. The van der Waals surface area contributed by atoms with E-state index in [1.165, 1.54) is 0 Å². The van der Waals surface area contributed by atoms with E-state index < -0.39 is 35.6 Å². The number of nitrogens with zero attached hydrogens (tertiary/aromatic N) is 1. The Morgan fingerprint density at radius 3 is 2.14 bits per heavy atom. The maximum atomic E-state index is 13.9. The Labute approximate surface area is 221 Å². The number of carbonyl (C=O) groups is 3. The fraction of sp³-hybridized carbons (Fsp3) is 0.433. The number of aryl methyl sites for hydroxylation is 3. The molecule has 7 heteroatoms. The molecule has 0 spiro atoms. The molecule has 7 nitrogen and oxygen atoms in total. The second-order valence-electron chi connectivity index (χ2n) is 10.8. The SMILES string of the molecule is C#CN(C(=O)C(CC(C)C)NC(=O)OC(C)(C)C)C(C(=O)Nc1ccccc1C)c1cc(C)cc(C)c1. The van der Waals surface area contributed by atoms with Crippen molar-refractivity contribution in [2.24, 2.45) is 5.92 Å². The van der Waals surface area contributed by atoms with Gasteiger partial charge in [-0.15, -0.1) is 0 Å². The second-order valence-corrected chi connectivity index (χ2v) is 10.8. The minimum absolute atomic E-state index is 0.0592. The molecule has 2 atom stereocenters. The van der Waals surface area contributed by atoms with E-state index in [4.69, 9.17) is 11.2 Å². The maximum absolute atomic E-state index is 13.9. The standard InChI is InChI=1S/C30H39N3O4/c1-10-33(28(35)25(15-19(2)3)32-29(36)37-30(7,8)9)26(23-17-20(4)16-21(5)18-23)27(34)31-24-14-12-11-13-22(24)6/h1,11-14,16-19,25-26H,15H2,2-9H3,(H,31,34)(H,32,36). The van der Waals surface area contributed by atoms with Crippen molar-refractivity contribution in [2.75, 3.05) is 5.32 Å². The van der Waals surface area contributed by atoms with E-state index in [-0.39, 0.29) is 5.92 Å². The summed E-state index contributed by atoms with van der Waals surface area (Å²) >= 11 is 0. The van der Waals surface area contributed by atoms with Gasteiger partial charge in [-0.25, -0.2) is 4.79 Å². The van der Waals surface area contributed by atoms with Crippen LogP contribution in [0, 0.1) is 39.2 Å². The van der Waals surface area contributed by atoms with Gasteiger partial charge in [0.15, 0.2) is 0 Å². The minimum Gasteiger partial charge on any atom is -0.444 e. The summed E-state index contributed by atoms with van der Waals surface area (Å²) in [5, 5.41) is 5.60. The Kier molecular flexibility index (Phi) is 9.90. The highest BCUT2D eigenvalue weighted by Gasteiger charge is 2.36. The van der Waals surface area contributed by atoms with Crippen LogP contribution in [0.3, 0.4) is 0 Å². The van der Waals surface area contributed by atoms with Crippen molar-refractivity contribution in [1.82, 2.24) is 10.2 Å². The molecule has 0 radical (unpaired) electrons. The molecule has 2 N–H and O–H groups in total. The molecular weight excluding hydrogens is 466 g/mol. The van der Waals surface area contributed by atoms with E-state index in [0.29, 0.717) is 17.7 Å². The van der Waals surface area contributed by atoms with Gasteiger partial charge in [-0.1, -0.05) is 67.8 Å². The maximum Gasteiger partial charge on any atom is 0.408 e. The summed E-state index contributed by atoms with van der Waals surface area (Å²) in [5.74, 6) is -0.957. The summed E-state index contributed by atoms with van der Waals surface area (Å²) < 4.78 is 5.38. The molecule has 0 saturated carbocycles. The zero-order valence-electron chi connectivity index (χ0n) is 23.1. The van der Waals surface area contributed by atoms with Crippen LogP contribution in [0.25, 0.3) is 0 Å². The number of hydrogen-bond donors (Lipinski definition) is 2. The van der Waals surface area contributed by atoms with Gasteiger partial charge in [-0.2, -0.15) is 0 Å². The van der Waals surface area contributed by atoms with Crippen LogP contribution in [-0.2, 0) is 14.3 Å². The van der Waals surface area contributed by atoms with E-state index in [1.54, 1.807) is 26.8 Å². The van der Waals surface area contributed by atoms with Crippen LogP contribution in [0.5, 0.6) is 0 Å². The Hall–Kier alpha value is -3.79. The monoisotopic (exact) mass is 505 g/mol. The smallest absolute Gasteiger partial charge is 0.408 e. The van der Waals surface area contributed by atoms with E-state index in [2.05, 4.69) is 16.7 Å². The average molecular weight is 506 g/mol. The third-order valence-corrected chi connectivity index (χ3v) is 5.54. The van der Waals surface area contributed by atoms with Gasteiger partial charge in [0.2, 0.25) is 0 Å². The molecule has 0 aliphatic carbocycles. The number of rotatable bonds is 8. The van der Waals surface area contributed by atoms with Gasteiger partial charge in [0, 0.05) is 11.7 Å². The van der Waals surface area contributed by atoms with Crippen LogP contribution in [0.4, 0.5) is 10.5 Å². The van der Waals surface area contributed by atoms with Crippen LogP contribution in [0.1, 0.15) is 69.3 Å². The van der Waals surface area contributed by atoms with Gasteiger partial charge < -0.3 is 15.4 Å². The molecule has 2 aromatic rings. The van der Waals surface area contributed by atoms with Gasteiger partial charge in [0.05, 0.1) is 0 Å². The third kappa shape index (κ3) is 8.68. The minimum atomic E-state index is -1.12. The van der Waals surface area contributed by atoms with Crippen molar-refractivity contribution in [3.8, 4) is 12.5 Å². The quantitative estimate of drug-likeness (QED) is 0.358. The largest absolute Gasteiger partial charge is 0.444 e. The molecular formula is C30H39N3O4. The molecule has 3 amide bonds. The van der Waals surface area contributed by atoms with Crippen molar-refractivity contribution in [1.29, 1.82) is 0 Å². The molecule has 0 fully saturated rings. The lowest BCUT2D eigenvalue weighted by molar-refractivity contribution is -0.137. The predicted octanol–water partition coefficient (Wildman–Crippen LogP) is 5.65. The lowest BCUT2D eigenvalue weighted by atomic mass is 9.97. The van der Waals surface area contributed by atoms with Crippen molar-refractivity contribution in [3.63, 3.8) is 0 Å². The lowest BCUT2D eigenvalue weighted by Crippen LogP contribution is -2.51. The second kappa shape index (κ2) is 12.4. The van der Waals surface area contributed by atoms with Crippen molar-refractivity contribution in [3.05, 3.63) is 64.7 Å². The fourth-order valence-electron chi connectivity index (χ4n) is 4.08. The first-order valence-corrected chi connectivity index (χ1v) is 12.5. The van der Waals surface area contributed by atoms with Gasteiger partial charge in [-0.05, 0) is 71.1 Å². The molecule has 0 aliphatic rings. The molecule has 0 heterocycles. The first-order valence-electron chi connectivity index (χ1n) is 12.5. The Balaban J connectivity index is 2.52. The highest BCUT2D eigenvalue weighted by atomic mass is 16.6. The van der Waals surface area contributed by atoms with Crippen molar-refractivity contribution >= 4 is 23.6 Å². The highest BCUT2D eigenvalue weighted by molar-refractivity contribution is 6.00. The number of alkyl carbamates (subject to hydrolysis) is 1. The number of anilines is 1. The zero-order chi connectivity index (χ0) is 27.9. The number of terminal acetylenes is 1. The van der Waals surface area contributed by atoms with E-state index in [0.717, 1.165) is 21.6 Å². The van der Waals surface area contributed by atoms with E-state index in [9.17, 15) is 14.4 Å². The predicted molar refractivity (Wildman–Crippen MR) is 147 cm³/mol. The van der Waals surface area contributed by atoms with Gasteiger partial charge in [0.1, 0.15) is 17.7 Å². The lowest BCUT2D eigenvalue weighted by Gasteiger charge is -2.31. The summed E-state index contributed by atoms with van der Waals surface area (Å²) in [6.07, 6.45) is 5.47. The Morgan fingerprint density at radius 2 is 1.62 bits per heavy atom. The van der Waals surface area contributed by atoms with Crippen LogP contribution >= 0.6 is 0 Å². The van der Waals surface area contributed by atoms with Gasteiger partial charge in [0.25, 0.3) is 11.8 Å². The molecule has 0 saturated heterocycles. The fourth-order valence-corrected chi connectivity index (χ4v) is 4.08. The molecule has 2 rings (SSSR count). The third-order valence-electron chi connectivity index (χ3n) is 5.54. The van der Waals surface area contributed by atoms with E-state index >= 15 is 0 Å². The number of para-hydroxylation sites is 1. The average Bonchev–Trinajstić information content (AvgIpc) is 2.75. The summed E-state index contributed by atoms with van der Waals surface area (Å²) in [4.78, 5) is 41.2. The number of hydrogen-bond acceptors (Lipinski definition) is 4. The molecule has 198 valence electrons. The Bertz CT molecular complexity index is 1150. The first kappa shape index (κ1) is 29.4. The number of benzene rings is 2.